The van der Waals surface area contributed by atoms with Gasteiger partial charge in [-0.15, -0.1) is 0 Å². The SMILES string of the molecule is CC(C)CNC(=O)CNc1cc(C(F)(F)F)ccc1Cl. The van der Waals surface area contributed by atoms with Crippen molar-refractivity contribution >= 4 is 23.2 Å². The standard InChI is InChI=1S/C13H16ClF3N2O/c1-8(2)6-19-12(20)7-18-11-5-9(13(15,16)17)3-4-10(11)14/h3-5,8,18H,6-7H2,1-2H3,(H,19,20). The number of carbonyl (C=O) groups is 1. The minimum Gasteiger partial charge on any atom is -0.375 e. The summed E-state index contributed by atoms with van der Waals surface area (Å²) in [5.41, 5.74) is -0.729. The summed E-state index contributed by atoms with van der Waals surface area (Å²) in [4.78, 5) is 11.5. The number of hydrogen-bond acceptors (Lipinski definition) is 2. The number of alkyl halides is 3. The van der Waals surface area contributed by atoms with Crippen LogP contribution in [0.2, 0.25) is 5.02 Å². The fraction of sp³-hybridized carbons (Fsp3) is 0.462. The molecule has 20 heavy (non-hydrogen) atoms. The van der Waals surface area contributed by atoms with Crippen molar-refractivity contribution in [2.24, 2.45) is 5.92 Å². The summed E-state index contributed by atoms with van der Waals surface area (Å²) in [6.45, 7) is 4.26. The summed E-state index contributed by atoms with van der Waals surface area (Å²) in [7, 11) is 0. The van der Waals surface area contributed by atoms with E-state index in [1.165, 1.54) is 0 Å². The van der Waals surface area contributed by atoms with Gasteiger partial charge in [0.25, 0.3) is 0 Å². The molecule has 0 atom stereocenters. The summed E-state index contributed by atoms with van der Waals surface area (Å²) in [5, 5.41) is 5.39. The number of nitrogens with one attached hydrogen (secondary N) is 2. The fourth-order valence-corrected chi connectivity index (χ4v) is 1.58. The van der Waals surface area contributed by atoms with Gasteiger partial charge in [-0.3, -0.25) is 4.79 Å². The zero-order valence-electron chi connectivity index (χ0n) is 11.1. The highest BCUT2D eigenvalue weighted by Crippen LogP contribution is 2.33. The molecule has 0 unspecified atom stereocenters. The minimum absolute atomic E-state index is 0.0844. The molecule has 0 aliphatic heterocycles. The zero-order valence-corrected chi connectivity index (χ0v) is 11.9. The van der Waals surface area contributed by atoms with E-state index in [0.717, 1.165) is 18.2 Å². The Morgan fingerprint density at radius 2 is 2.00 bits per heavy atom. The lowest BCUT2D eigenvalue weighted by atomic mass is 10.2. The van der Waals surface area contributed by atoms with E-state index in [1.807, 2.05) is 13.8 Å². The molecule has 1 aromatic rings. The Labute approximate surface area is 120 Å². The second-order valence-corrected chi connectivity index (χ2v) is 5.15. The molecule has 0 aromatic heterocycles. The maximum atomic E-state index is 12.6. The van der Waals surface area contributed by atoms with Crippen LogP contribution in [0.4, 0.5) is 18.9 Å². The number of rotatable bonds is 5. The van der Waals surface area contributed by atoms with Gasteiger partial charge in [-0.05, 0) is 24.1 Å². The second-order valence-electron chi connectivity index (χ2n) is 4.74. The first-order valence-electron chi connectivity index (χ1n) is 6.07. The predicted octanol–water partition coefficient (Wildman–Crippen LogP) is 3.54. The van der Waals surface area contributed by atoms with Crippen molar-refractivity contribution in [3.05, 3.63) is 28.8 Å². The monoisotopic (exact) mass is 308 g/mol. The van der Waals surface area contributed by atoms with Crippen molar-refractivity contribution in [1.29, 1.82) is 0 Å². The average molecular weight is 309 g/mol. The number of anilines is 1. The van der Waals surface area contributed by atoms with Crippen LogP contribution in [0, 0.1) is 5.92 Å². The minimum atomic E-state index is -4.44. The number of halogens is 4. The molecule has 0 bridgehead atoms. The number of amides is 1. The Morgan fingerprint density at radius 3 is 2.55 bits per heavy atom. The van der Waals surface area contributed by atoms with Gasteiger partial charge in [0.05, 0.1) is 22.8 Å². The van der Waals surface area contributed by atoms with Crippen molar-refractivity contribution in [2.75, 3.05) is 18.4 Å². The quantitative estimate of drug-likeness (QED) is 0.873. The largest absolute Gasteiger partial charge is 0.416 e. The van der Waals surface area contributed by atoms with E-state index >= 15 is 0 Å². The highest BCUT2D eigenvalue weighted by atomic mass is 35.5. The van der Waals surface area contributed by atoms with E-state index in [2.05, 4.69) is 10.6 Å². The van der Waals surface area contributed by atoms with Gasteiger partial charge < -0.3 is 10.6 Å². The van der Waals surface area contributed by atoms with Crippen LogP contribution in [0.5, 0.6) is 0 Å². The topological polar surface area (TPSA) is 41.1 Å². The summed E-state index contributed by atoms with van der Waals surface area (Å²) >= 11 is 5.80. The van der Waals surface area contributed by atoms with E-state index < -0.39 is 11.7 Å². The van der Waals surface area contributed by atoms with Gasteiger partial charge in [0, 0.05) is 6.54 Å². The van der Waals surface area contributed by atoms with Crippen LogP contribution in [0.25, 0.3) is 0 Å². The van der Waals surface area contributed by atoms with Crippen molar-refractivity contribution in [3.8, 4) is 0 Å². The predicted molar refractivity (Wildman–Crippen MR) is 72.8 cm³/mol. The molecule has 0 spiro atoms. The molecular weight excluding hydrogens is 293 g/mol. The lowest BCUT2D eigenvalue weighted by Gasteiger charge is -2.13. The third-order valence-corrected chi connectivity index (χ3v) is 2.77. The van der Waals surface area contributed by atoms with Gasteiger partial charge in [0.1, 0.15) is 0 Å². The summed E-state index contributed by atoms with van der Waals surface area (Å²) in [6.07, 6.45) is -4.44. The van der Waals surface area contributed by atoms with Crippen LogP contribution in [-0.2, 0) is 11.0 Å². The Morgan fingerprint density at radius 1 is 1.35 bits per heavy atom. The lowest BCUT2D eigenvalue weighted by Crippen LogP contribution is -2.32. The Balaban J connectivity index is 2.66. The third kappa shape index (κ3) is 5.28. The molecule has 2 N–H and O–H groups in total. The van der Waals surface area contributed by atoms with Gasteiger partial charge >= 0.3 is 6.18 Å². The van der Waals surface area contributed by atoms with Gasteiger partial charge in [0.15, 0.2) is 0 Å². The number of benzene rings is 1. The van der Waals surface area contributed by atoms with Gasteiger partial charge in [0.2, 0.25) is 5.91 Å². The molecule has 7 heteroatoms. The molecule has 0 saturated carbocycles. The molecule has 0 aliphatic rings. The van der Waals surface area contributed by atoms with E-state index in [4.69, 9.17) is 11.6 Å². The molecule has 0 heterocycles. The van der Waals surface area contributed by atoms with E-state index in [1.54, 1.807) is 0 Å². The Hall–Kier alpha value is -1.43. The summed E-state index contributed by atoms with van der Waals surface area (Å²) in [6, 6.07) is 2.93. The second kappa shape index (κ2) is 6.83. The summed E-state index contributed by atoms with van der Waals surface area (Å²) < 4.78 is 37.7. The highest BCUT2D eigenvalue weighted by molar-refractivity contribution is 6.33. The molecule has 1 aromatic carbocycles. The molecule has 0 radical (unpaired) electrons. The maximum absolute atomic E-state index is 12.6. The van der Waals surface area contributed by atoms with Crippen LogP contribution in [0.15, 0.2) is 18.2 Å². The van der Waals surface area contributed by atoms with E-state index in [-0.39, 0.29) is 23.2 Å². The molecule has 1 rings (SSSR count). The first-order valence-corrected chi connectivity index (χ1v) is 6.45. The van der Waals surface area contributed by atoms with E-state index in [0.29, 0.717) is 12.5 Å². The molecular formula is C13H16ClF3N2O. The number of carbonyl (C=O) groups excluding carboxylic acids is 1. The molecule has 1 amide bonds. The van der Waals surface area contributed by atoms with Crippen molar-refractivity contribution in [1.82, 2.24) is 5.32 Å². The molecule has 0 aliphatic carbocycles. The van der Waals surface area contributed by atoms with Crippen LogP contribution >= 0.6 is 11.6 Å². The molecule has 0 saturated heterocycles. The normalized spacial score (nSPS) is 11.6. The highest BCUT2D eigenvalue weighted by Gasteiger charge is 2.30. The Kier molecular flexibility index (Phi) is 5.68. The lowest BCUT2D eigenvalue weighted by molar-refractivity contribution is -0.137. The van der Waals surface area contributed by atoms with Crippen molar-refractivity contribution in [2.45, 2.75) is 20.0 Å². The van der Waals surface area contributed by atoms with Gasteiger partial charge in [-0.2, -0.15) is 13.2 Å². The van der Waals surface area contributed by atoms with Gasteiger partial charge in [-0.25, -0.2) is 0 Å². The van der Waals surface area contributed by atoms with E-state index in [9.17, 15) is 18.0 Å². The van der Waals surface area contributed by atoms with Crippen molar-refractivity contribution < 1.29 is 18.0 Å². The molecule has 3 nitrogen and oxygen atoms in total. The number of hydrogen-bond donors (Lipinski definition) is 2. The first kappa shape index (κ1) is 16.6. The van der Waals surface area contributed by atoms with Crippen molar-refractivity contribution in [3.63, 3.8) is 0 Å². The van der Waals surface area contributed by atoms with Gasteiger partial charge in [-0.1, -0.05) is 25.4 Å². The molecule has 0 fully saturated rings. The third-order valence-electron chi connectivity index (χ3n) is 2.44. The fourth-order valence-electron chi connectivity index (χ4n) is 1.39. The summed E-state index contributed by atoms with van der Waals surface area (Å²) in [5.74, 6) is 0.00303. The maximum Gasteiger partial charge on any atom is 0.416 e. The zero-order chi connectivity index (χ0) is 15.3. The van der Waals surface area contributed by atoms with Crippen LogP contribution < -0.4 is 10.6 Å². The van der Waals surface area contributed by atoms with Crippen LogP contribution in [-0.4, -0.2) is 19.0 Å². The molecule has 112 valence electrons. The smallest absolute Gasteiger partial charge is 0.375 e. The average Bonchev–Trinajstić information content (AvgIpc) is 2.33. The Bertz CT molecular complexity index is 475. The first-order chi connectivity index (χ1) is 9.20. The van der Waals surface area contributed by atoms with Crippen LogP contribution in [0.1, 0.15) is 19.4 Å². The van der Waals surface area contributed by atoms with Crippen LogP contribution in [0.3, 0.4) is 0 Å².